The normalized spacial score (nSPS) is 32.0. The van der Waals surface area contributed by atoms with Gasteiger partial charge in [-0.1, -0.05) is 0 Å². The van der Waals surface area contributed by atoms with E-state index in [-0.39, 0.29) is 12.1 Å². The molecule has 0 aromatic rings. The van der Waals surface area contributed by atoms with Crippen LogP contribution in [0.2, 0.25) is 0 Å². The monoisotopic (exact) mass is 130 g/mol. The Morgan fingerprint density at radius 1 is 1.56 bits per heavy atom. The van der Waals surface area contributed by atoms with E-state index in [1.807, 2.05) is 6.92 Å². The highest BCUT2D eigenvalue weighted by molar-refractivity contribution is 4.78. The Bertz CT molecular complexity index is 79.1. The quantitative estimate of drug-likeness (QED) is 0.423. The van der Waals surface area contributed by atoms with E-state index in [0.717, 1.165) is 19.6 Å². The third-order valence-corrected chi connectivity index (χ3v) is 1.65. The molecule has 0 aliphatic carbocycles. The summed E-state index contributed by atoms with van der Waals surface area (Å²) >= 11 is 0. The first-order valence-corrected chi connectivity index (χ1v) is 3.43. The Morgan fingerprint density at radius 3 is 2.67 bits per heavy atom. The van der Waals surface area contributed by atoms with E-state index < -0.39 is 0 Å². The van der Waals surface area contributed by atoms with Crippen LogP contribution in [-0.2, 0) is 0 Å². The van der Waals surface area contributed by atoms with Gasteiger partial charge in [0, 0.05) is 25.7 Å². The van der Waals surface area contributed by atoms with Crippen LogP contribution >= 0.6 is 0 Å². The molecular formula is C6H14N2O. The minimum absolute atomic E-state index is 0.238. The first kappa shape index (κ1) is 6.99. The standard InChI is InChI=1S/C6H14N2O/c1-5(9)6-4-7-2-3-8-6/h5-9H,2-4H2,1H3/t5-,6-/m0/s1. The molecule has 0 saturated carbocycles. The Kier molecular flexibility index (Phi) is 2.45. The van der Waals surface area contributed by atoms with Crippen LogP contribution in [0.25, 0.3) is 0 Å². The molecule has 0 unspecified atom stereocenters. The van der Waals surface area contributed by atoms with Crippen LogP contribution < -0.4 is 10.6 Å². The number of aliphatic hydroxyl groups is 1. The van der Waals surface area contributed by atoms with Crippen molar-refractivity contribution in [2.24, 2.45) is 0 Å². The van der Waals surface area contributed by atoms with Crippen LogP contribution in [0.5, 0.6) is 0 Å². The first-order chi connectivity index (χ1) is 4.30. The van der Waals surface area contributed by atoms with E-state index in [0.29, 0.717) is 0 Å². The van der Waals surface area contributed by atoms with Crippen molar-refractivity contribution in [3.63, 3.8) is 0 Å². The van der Waals surface area contributed by atoms with Crippen LogP contribution in [0, 0.1) is 0 Å². The number of hydrogen-bond acceptors (Lipinski definition) is 3. The largest absolute Gasteiger partial charge is 0.392 e. The molecule has 0 amide bonds. The highest BCUT2D eigenvalue weighted by Crippen LogP contribution is 1.92. The molecule has 3 nitrogen and oxygen atoms in total. The minimum Gasteiger partial charge on any atom is -0.392 e. The average molecular weight is 130 g/mol. The number of nitrogens with one attached hydrogen (secondary N) is 2. The minimum atomic E-state index is -0.238. The predicted octanol–water partition coefficient (Wildman–Crippen LogP) is -1.07. The van der Waals surface area contributed by atoms with Crippen molar-refractivity contribution in [3.05, 3.63) is 0 Å². The van der Waals surface area contributed by atoms with Crippen molar-refractivity contribution in [2.45, 2.75) is 19.1 Å². The summed E-state index contributed by atoms with van der Waals surface area (Å²) in [6.07, 6.45) is -0.238. The van der Waals surface area contributed by atoms with Gasteiger partial charge in [-0.25, -0.2) is 0 Å². The van der Waals surface area contributed by atoms with Gasteiger partial charge in [0.1, 0.15) is 0 Å². The second-order valence-corrected chi connectivity index (χ2v) is 2.51. The average Bonchev–Trinajstić information content (AvgIpc) is 1.90. The van der Waals surface area contributed by atoms with Crippen LogP contribution in [0.4, 0.5) is 0 Å². The molecule has 2 atom stereocenters. The molecule has 1 aliphatic heterocycles. The van der Waals surface area contributed by atoms with Gasteiger partial charge in [-0.15, -0.1) is 0 Å². The van der Waals surface area contributed by atoms with Gasteiger partial charge in [0.2, 0.25) is 0 Å². The Balaban J connectivity index is 2.23. The van der Waals surface area contributed by atoms with Gasteiger partial charge in [-0.2, -0.15) is 0 Å². The van der Waals surface area contributed by atoms with Gasteiger partial charge in [0.25, 0.3) is 0 Å². The second-order valence-electron chi connectivity index (χ2n) is 2.51. The molecular weight excluding hydrogens is 116 g/mol. The van der Waals surface area contributed by atoms with E-state index in [4.69, 9.17) is 5.11 Å². The zero-order valence-corrected chi connectivity index (χ0v) is 5.72. The summed E-state index contributed by atoms with van der Waals surface area (Å²) in [6, 6.07) is 0.249. The van der Waals surface area contributed by atoms with Gasteiger partial charge in [0.05, 0.1) is 6.10 Å². The molecule has 1 rings (SSSR count). The van der Waals surface area contributed by atoms with E-state index in [1.54, 1.807) is 0 Å². The van der Waals surface area contributed by atoms with Crippen LogP contribution in [0.15, 0.2) is 0 Å². The van der Waals surface area contributed by atoms with Gasteiger partial charge in [0.15, 0.2) is 0 Å². The summed E-state index contributed by atoms with van der Waals surface area (Å²) in [4.78, 5) is 0. The smallest absolute Gasteiger partial charge is 0.0677 e. The van der Waals surface area contributed by atoms with Crippen molar-refractivity contribution in [2.75, 3.05) is 19.6 Å². The second kappa shape index (κ2) is 3.15. The van der Waals surface area contributed by atoms with E-state index in [1.165, 1.54) is 0 Å². The van der Waals surface area contributed by atoms with Crippen molar-refractivity contribution in [1.82, 2.24) is 10.6 Å². The lowest BCUT2D eigenvalue weighted by atomic mass is 10.1. The molecule has 9 heavy (non-hydrogen) atoms. The lowest BCUT2D eigenvalue weighted by Gasteiger charge is -2.26. The predicted molar refractivity (Wildman–Crippen MR) is 36.3 cm³/mol. The summed E-state index contributed by atoms with van der Waals surface area (Å²) in [5.74, 6) is 0. The lowest BCUT2D eigenvalue weighted by Crippen LogP contribution is -2.53. The van der Waals surface area contributed by atoms with Crippen LogP contribution in [0.3, 0.4) is 0 Å². The Labute approximate surface area is 55.5 Å². The van der Waals surface area contributed by atoms with Gasteiger partial charge >= 0.3 is 0 Å². The maximum Gasteiger partial charge on any atom is 0.0677 e. The van der Waals surface area contributed by atoms with Crippen molar-refractivity contribution >= 4 is 0 Å². The third kappa shape index (κ3) is 1.93. The summed E-state index contributed by atoms with van der Waals surface area (Å²) in [5, 5.41) is 15.5. The van der Waals surface area contributed by atoms with Gasteiger partial charge in [-0.05, 0) is 6.92 Å². The van der Waals surface area contributed by atoms with Crippen molar-refractivity contribution in [1.29, 1.82) is 0 Å². The molecule has 0 radical (unpaired) electrons. The van der Waals surface area contributed by atoms with Gasteiger partial charge in [-0.3, -0.25) is 0 Å². The van der Waals surface area contributed by atoms with E-state index in [9.17, 15) is 0 Å². The Morgan fingerprint density at radius 2 is 2.33 bits per heavy atom. The van der Waals surface area contributed by atoms with Crippen molar-refractivity contribution in [3.8, 4) is 0 Å². The molecule has 1 aliphatic rings. The zero-order valence-electron chi connectivity index (χ0n) is 5.72. The number of piperazine rings is 1. The fourth-order valence-corrected chi connectivity index (χ4v) is 1.02. The third-order valence-electron chi connectivity index (χ3n) is 1.65. The van der Waals surface area contributed by atoms with Gasteiger partial charge < -0.3 is 15.7 Å². The van der Waals surface area contributed by atoms with Crippen LogP contribution in [0.1, 0.15) is 6.92 Å². The molecule has 0 spiro atoms. The summed E-state index contributed by atoms with van der Waals surface area (Å²) in [5.41, 5.74) is 0. The molecule has 1 heterocycles. The summed E-state index contributed by atoms with van der Waals surface area (Å²) < 4.78 is 0. The molecule has 0 aromatic heterocycles. The first-order valence-electron chi connectivity index (χ1n) is 3.43. The SMILES string of the molecule is C[C@H](O)[C@@H]1CNCCN1. The lowest BCUT2D eigenvalue weighted by molar-refractivity contribution is 0.136. The molecule has 3 N–H and O–H groups in total. The highest BCUT2D eigenvalue weighted by Gasteiger charge is 2.15. The molecule has 1 saturated heterocycles. The molecule has 54 valence electrons. The number of hydrogen-bond donors (Lipinski definition) is 3. The summed E-state index contributed by atoms with van der Waals surface area (Å²) in [7, 11) is 0. The topological polar surface area (TPSA) is 44.3 Å². The molecule has 0 aromatic carbocycles. The molecule has 0 bridgehead atoms. The van der Waals surface area contributed by atoms with E-state index in [2.05, 4.69) is 10.6 Å². The maximum atomic E-state index is 9.07. The summed E-state index contributed by atoms with van der Waals surface area (Å²) in [6.45, 7) is 4.68. The molecule has 3 heteroatoms. The maximum absolute atomic E-state index is 9.07. The zero-order chi connectivity index (χ0) is 6.69. The van der Waals surface area contributed by atoms with Crippen molar-refractivity contribution < 1.29 is 5.11 Å². The number of aliphatic hydroxyl groups excluding tert-OH is 1. The van der Waals surface area contributed by atoms with E-state index >= 15 is 0 Å². The molecule has 1 fully saturated rings. The number of rotatable bonds is 1. The Hall–Kier alpha value is -0.120. The fourth-order valence-electron chi connectivity index (χ4n) is 1.02. The van der Waals surface area contributed by atoms with Crippen LogP contribution in [-0.4, -0.2) is 36.9 Å². The highest BCUT2D eigenvalue weighted by atomic mass is 16.3. The fraction of sp³-hybridized carbons (Fsp3) is 1.00.